The van der Waals surface area contributed by atoms with E-state index in [1.807, 2.05) is 52.0 Å². The van der Waals surface area contributed by atoms with Crippen LogP contribution >= 0.6 is 0 Å². The summed E-state index contributed by atoms with van der Waals surface area (Å²) in [6.07, 6.45) is 0. The average molecular weight is 405 g/mol. The first-order valence-corrected chi connectivity index (χ1v) is 11.0. The van der Waals surface area contributed by atoms with Crippen molar-refractivity contribution in [2.75, 3.05) is 0 Å². The Balaban J connectivity index is 1.67. The normalized spacial score (nSPS) is 11.7. The summed E-state index contributed by atoms with van der Waals surface area (Å²) in [6.45, 7) is 8.14. The van der Waals surface area contributed by atoms with E-state index in [0.717, 1.165) is 34.2 Å². The van der Waals surface area contributed by atoms with Crippen LogP contribution in [0.25, 0.3) is 11.4 Å². The maximum absolute atomic E-state index is 13.1. The highest BCUT2D eigenvalue weighted by Gasteiger charge is 2.18. The lowest BCUT2D eigenvalue weighted by atomic mass is 10.3. The molecule has 0 spiro atoms. The van der Waals surface area contributed by atoms with Crippen LogP contribution in [-0.2, 0) is 9.84 Å². The van der Waals surface area contributed by atoms with Crippen LogP contribution in [-0.4, -0.2) is 17.6 Å². The number of sulfone groups is 1. The van der Waals surface area contributed by atoms with Crippen LogP contribution in [0.4, 0.5) is 0 Å². The summed E-state index contributed by atoms with van der Waals surface area (Å²) < 4.78 is 30.4. The maximum Gasteiger partial charge on any atom is 0.206 e. The second kappa shape index (κ2) is 7.08. The summed E-state index contributed by atoms with van der Waals surface area (Å²) >= 11 is 0. The largest absolute Gasteiger partial charge is 0.319 e. The molecule has 0 radical (unpaired) electrons. The zero-order chi connectivity index (χ0) is 20.8. The van der Waals surface area contributed by atoms with E-state index in [9.17, 15) is 8.42 Å². The molecule has 0 amide bonds. The predicted octanol–water partition coefficient (Wildman–Crippen LogP) is 5.33. The molecule has 0 aliphatic carbocycles. The van der Waals surface area contributed by atoms with E-state index < -0.39 is 9.84 Å². The minimum Gasteiger partial charge on any atom is -0.319 e. The highest BCUT2D eigenvalue weighted by molar-refractivity contribution is 7.91. The summed E-state index contributed by atoms with van der Waals surface area (Å²) in [6, 6.07) is 22.3. The van der Waals surface area contributed by atoms with Gasteiger partial charge in [-0.05, 0) is 100 Å². The zero-order valence-electron chi connectivity index (χ0n) is 17.0. The average Bonchev–Trinajstić information content (AvgIpc) is 3.22. The fourth-order valence-corrected chi connectivity index (χ4v) is 5.10. The monoisotopic (exact) mass is 404 g/mol. The molecule has 0 bridgehead atoms. The molecular formula is C24H24N2O2S. The van der Waals surface area contributed by atoms with E-state index >= 15 is 0 Å². The second-order valence-electron chi connectivity index (χ2n) is 7.39. The lowest BCUT2D eigenvalue weighted by Crippen LogP contribution is -2.04. The number of hydrogen-bond acceptors (Lipinski definition) is 2. The molecule has 0 N–H and O–H groups in total. The van der Waals surface area contributed by atoms with Gasteiger partial charge in [-0.3, -0.25) is 0 Å². The van der Waals surface area contributed by atoms with E-state index in [4.69, 9.17) is 0 Å². The van der Waals surface area contributed by atoms with Gasteiger partial charge in [0.25, 0.3) is 0 Å². The molecule has 0 saturated carbocycles. The summed E-state index contributed by atoms with van der Waals surface area (Å²) in [7, 11) is -3.57. The highest BCUT2D eigenvalue weighted by Crippen LogP contribution is 2.25. The first-order valence-electron chi connectivity index (χ1n) is 9.55. The van der Waals surface area contributed by atoms with Crippen molar-refractivity contribution in [1.29, 1.82) is 0 Å². The molecule has 2 heterocycles. The number of hydrogen-bond donors (Lipinski definition) is 0. The predicted molar refractivity (Wildman–Crippen MR) is 116 cm³/mol. The first kappa shape index (κ1) is 19.3. The summed E-state index contributed by atoms with van der Waals surface area (Å²) in [5.41, 5.74) is 6.37. The smallest absolute Gasteiger partial charge is 0.206 e. The fourth-order valence-electron chi connectivity index (χ4n) is 3.84. The van der Waals surface area contributed by atoms with Crippen molar-refractivity contribution in [3.8, 4) is 11.4 Å². The van der Waals surface area contributed by atoms with Crippen LogP contribution in [0.15, 0.2) is 82.6 Å². The minimum absolute atomic E-state index is 0.296. The number of aryl methyl sites for hydroxylation is 4. The third-order valence-corrected chi connectivity index (χ3v) is 7.14. The Morgan fingerprint density at radius 1 is 0.483 bits per heavy atom. The van der Waals surface area contributed by atoms with Crippen LogP contribution < -0.4 is 0 Å². The number of aromatic nitrogens is 2. The minimum atomic E-state index is -3.57. The van der Waals surface area contributed by atoms with Crippen LogP contribution in [0.2, 0.25) is 0 Å². The molecule has 0 aliphatic rings. The molecule has 0 aliphatic heterocycles. The van der Waals surface area contributed by atoms with Gasteiger partial charge < -0.3 is 9.13 Å². The quantitative estimate of drug-likeness (QED) is 0.461. The van der Waals surface area contributed by atoms with Gasteiger partial charge in [-0.1, -0.05) is 0 Å². The molecule has 0 unspecified atom stereocenters. The molecule has 148 valence electrons. The Bertz CT molecular complexity index is 1140. The highest BCUT2D eigenvalue weighted by atomic mass is 32.2. The SMILES string of the molecule is Cc1ccc(C)n1-c1ccc(S(=O)(=O)c2ccc(-n3c(C)ccc3C)cc2)cc1. The second-order valence-corrected chi connectivity index (χ2v) is 9.34. The van der Waals surface area contributed by atoms with E-state index in [0.29, 0.717) is 9.79 Å². The van der Waals surface area contributed by atoms with Crippen LogP contribution in [0.3, 0.4) is 0 Å². The van der Waals surface area contributed by atoms with Crippen molar-refractivity contribution in [2.45, 2.75) is 37.5 Å². The Labute approximate surface area is 172 Å². The van der Waals surface area contributed by atoms with Crippen molar-refractivity contribution in [1.82, 2.24) is 9.13 Å². The molecule has 4 aromatic rings. The molecule has 2 aromatic heterocycles. The van der Waals surface area contributed by atoms with Crippen LogP contribution in [0, 0.1) is 27.7 Å². The molecule has 0 atom stereocenters. The third-order valence-electron chi connectivity index (χ3n) is 5.35. The van der Waals surface area contributed by atoms with Gasteiger partial charge in [-0.15, -0.1) is 0 Å². The standard InChI is InChI=1S/C24H24N2O2S/c1-17-5-6-18(2)25(17)21-9-13-23(14-10-21)29(27,28)24-15-11-22(12-16-24)26-19(3)7-8-20(26)4/h5-16H,1-4H3. The van der Waals surface area contributed by atoms with Gasteiger partial charge in [0.05, 0.1) is 9.79 Å². The first-order chi connectivity index (χ1) is 13.8. The summed E-state index contributed by atoms with van der Waals surface area (Å²) in [5.74, 6) is 0. The summed E-state index contributed by atoms with van der Waals surface area (Å²) in [4.78, 5) is 0.592. The van der Waals surface area contributed by atoms with Gasteiger partial charge in [0.1, 0.15) is 0 Å². The molecule has 0 fully saturated rings. The summed E-state index contributed by atoms with van der Waals surface area (Å²) in [5, 5.41) is 0. The van der Waals surface area contributed by atoms with Crippen molar-refractivity contribution < 1.29 is 8.42 Å². The Hall–Kier alpha value is -3.05. The maximum atomic E-state index is 13.1. The molecule has 4 nitrogen and oxygen atoms in total. The Kier molecular flexibility index (Phi) is 4.71. The van der Waals surface area contributed by atoms with Gasteiger partial charge in [0, 0.05) is 34.2 Å². The van der Waals surface area contributed by atoms with Gasteiger partial charge in [0.15, 0.2) is 0 Å². The van der Waals surface area contributed by atoms with Gasteiger partial charge in [-0.25, -0.2) is 8.42 Å². The Morgan fingerprint density at radius 2 is 0.759 bits per heavy atom. The van der Waals surface area contributed by atoms with E-state index in [1.54, 1.807) is 24.3 Å². The molecule has 29 heavy (non-hydrogen) atoms. The zero-order valence-corrected chi connectivity index (χ0v) is 17.9. The molecule has 4 rings (SSSR count). The van der Waals surface area contributed by atoms with Gasteiger partial charge in [0.2, 0.25) is 9.84 Å². The molecular weight excluding hydrogens is 380 g/mol. The lowest BCUT2D eigenvalue weighted by Gasteiger charge is -2.12. The third kappa shape index (κ3) is 3.32. The lowest BCUT2D eigenvalue weighted by molar-refractivity contribution is 0.596. The number of rotatable bonds is 4. The van der Waals surface area contributed by atoms with E-state index in [-0.39, 0.29) is 0 Å². The number of nitrogens with zero attached hydrogens (tertiary/aromatic N) is 2. The van der Waals surface area contributed by atoms with Gasteiger partial charge >= 0.3 is 0 Å². The van der Waals surface area contributed by atoms with Crippen LogP contribution in [0.5, 0.6) is 0 Å². The van der Waals surface area contributed by atoms with Crippen molar-refractivity contribution in [3.05, 3.63) is 95.6 Å². The van der Waals surface area contributed by atoms with Crippen molar-refractivity contribution in [2.24, 2.45) is 0 Å². The van der Waals surface area contributed by atoms with Crippen LogP contribution in [0.1, 0.15) is 22.8 Å². The van der Waals surface area contributed by atoms with E-state index in [2.05, 4.69) is 33.4 Å². The fraction of sp³-hybridized carbons (Fsp3) is 0.167. The number of benzene rings is 2. The van der Waals surface area contributed by atoms with Gasteiger partial charge in [-0.2, -0.15) is 0 Å². The van der Waals surface area contributed by atoms with Crippen molar-refractivity contribution in [3.63, 3.8) is 0 Å². The topological polar surface area (TPSA) is 44.0 Å². The molecule has 2 aromatic carbocycles. The van der Waals surface area contributed by atoms with E-state index in [1.165, 1.54) is 0 Å². The molecule has 5 heteroatoms. The van der Waals surface area contributed by atoms with Crippen molar-refractivity contribution >= 4 is 9.84 Å². The molecule has 0 saturated heterocycles. The Morgan fingerprint density at radius 3 is 1.03 bits per heavy atom.